The summed E-state index contributed by atoms with van der Waals surface area (Å²) in [6, 6.07) is 7.17. The van der Waals surface area contributed by atoms with E-state index < -0.39 is 11.6 Å². The lowest BCUT2D eigenvalue weighted by Crippen LogP contribution is -2.09. The third-order valence-corrected chi connectivity index (χ3v) is 3.08. The Balaban J connectivity index is 2.20. The minimum absolute atomic E-state index is 0.170. The number of rotatable bonds is 3. The average molecular weight is 283 g/mol. The summed E-state index contributed by atoms with van der Waals surface area (Å²) in [4.78, 5) is 4.12. The summed E-state index contributed by atoms with van der Waals surface area (Å²) >= 11 is 5.78. The second-order valence-corrected chi connectivity index (χ2v) is 4.69. The van der Waals surface area contributed by atoms with E-state index in [-0.39, 0.29) is 6.04 Å². The first kappa shape index (κ1) is 13.7. The molecular formula is C14H13ClF2N2. The Morgan fingerprint density at radius 3 is 2.53 bits per heavy atom. The molecule has 0 amide bonds. The summed E-state index contributed by atoms with van der Waals surface area (Å²) in [5.41, 5.74) is 2.22. The number of halogens is 3. The van der Waals surface area contributed by atoms with Gasteiger partial charge in [-0.3, -0.25) is 0 Å². The molecule has 0 bridgehead atoms. The molecule has 2 nitrogen and oxygen atoms in total. The van der Waals surface area contributed by atoms with Crippen molar-refractivity contribution in [3.05, 3.63) is 58.4 Å². The molecule has 0 radical (unpaired) electrons. The van der Waals surface area contributed by atoms with Crippen molar-refractivity contribution in [1.29, 1.82) is 0 Å². The van der Waals surface area contributed by atoms with Crippen LogP contribution in [0.2, 0.25) is 5.15 Å². The maximum atomic E-state index is 13.2. The number of hydrogen-bond donors (Lipinski definition) is 1. The molecule has 0 fully saturated rings. The van der Waals surface area contributed by atoms with Crippen LogP contribution in [0.4, 0.5) is 14.5 Å². The number of nitrogens with zero attached hydrogens (tertiary/aromatic N) is 1. The van der Waals surface area contributed by atoms with E-state index in [9.17, 15) is 8.78 Å². The van der Waals surface area contributed by atoms with Crippen molar-refractivity contribution < 1.29 is 8.78 Å². The van der Waals surface area contributed by atoms with Gasteiger partial charge >= 0.3 is 0 Å². The number of aromatic nitrogens is 1. The molecule has 0 saturated carbocycles. The highest BCUT2D eigenvalue weighted by atomic mass is 35.5. The maximum absolute atomic E-state index is 13.2. The molecule has 2 aromatic rings. The Morgan fingerprint density at radius 1 is 1.16 bits per heavy atom. The van der Waals surface area contributed by atoms with Gasteiger partial charge in [0, 0.05) is 6.04 Å². The molecule has 100 valence electrons. The third-order valence-electron chi connectivity index (χ3n) is 2.87. The Labute approximate surface area is 115 Å². The number of benzene rings is 1. The van der Waals surface area contributed by atoms with Gasteiger partial charge in [-0.1, -0.05) is 17.7 Å². The Morgan fingerprint density at radius 2 is 1.89 bits per heavy atom. The number of pyridine rings is 1. The number of anilines is 1. The van der Waals surface area contributed by atoms with E-state index in [1.165, 1.54) is 6.07 Å². The van der Waals surface area contributed by atoms with Crippen LogP contribution in [0.3, 0.4) is 0 Å². The van der Waals surface area contributed by atoms with E-state index in [0.29, 0.717) is 10.7 Å². The highest BCUT2D eigenvalue weighted by Crippen LogP contribution is 2.23. The smallest absolute Gasteiger partial charge is 0.159 e. The maximum Gasteiger partial charge on any atom is 0.159 e. The van der Waals surface area contributed by atoms with E-state index >= 15 is 0 Å². The largest absolute Gasteiger partial charge is 0.377 e. The van der Waals surface area contributed by atoms with Crippen LogP contribution >= 0.6 is 11.6 Å². The first-order valence-corrected chi connectivity index (χ1v) is 6.20. The van der Waals surface area contributed by atoms with Gasteiger partial charge < -0.3 is 5.32 Å². The van der Waals surface area contributed by atoms with Crippen molar-refractivity contribution in [2.45, 2.75) is 19.9 Å². The topological polar surface area (TPSA) is 24.9 Å². The summed E-state index contributed by atoms with van der Waals surface area (Å²) in [6.45, 7) is 3.69. The van der Waals surface area contributed by atoms with Crippen LogP contribution in [0.1, 0.15) is 24.2 Å². The highest BCUT2D eigenvalue weighted by molar-refractivity contribution is 6.29. The minimum Gasteiger partial charge on any atom is -0.377 e. The van der Waals surface area contributed by atoms with Gasteiger partial charge in [0.1, 0.15) is 5.15 Å². The van der Waals surface area contributed by atoms with Crippen LogP contribution in [-0.4, -0.2) is 4.98 Å². The van der Waals surface area contributed by atoms with E-state index in [4.69, 9.17) is 11.6 Å². The molecule has 1 heterocycles. The molecule has 1 N–H and O–H groups in total. The molecule has 0 aliphatic heterocycles. The minimum atomic E-state index is -0.850. The standard InChI is InChI=1S/C14H13ClF2N2/c1-8(10-3-4-11(16)12(17)7-10)18-13-5-6-14(15)19-9(13)2/h3-8,18H,1-2H3. The highest BCUT2D eigenvalue weighted by Gasteiger charge is 2.10. The fourth-order valence-electron chi connectivity index (χ4n) is 1.78. The first-order chi connectivity index (χ1) is 8.97. The second-order valence-electron chi connectivity index (χ2n) is 4.31. The van der Waals surface area contributed by atoms with E-state index in [2.05, 4.69) is 10.3 Å². The molecule has 5 heteroatoms. The summed E-state index contributed by atoms with van der Waals surface area (Å²) in [6.07, 6.45) is 0. The molecule has 1 unspecified atom stereocenters. The fourth-order valence-corrected chi connectivity index (χ4v) is 1.97. The zero-order valence-electron chi connectivity index (χ0n) is 10.5. The van der Waals surface area contributed by atoms with Crippen LogP contribution in [0, 0.1) is 18.6 Å². The summed E-state index contributed by atoms with van der Waals surface area (Å²) < 4.78 is 26.1. The monoisotopic (exact) mass is 282 g/mol. The van der Waals surface area contributed by atoms with Crippen LogP contribution in [0.25, 0.3) is 0 Å². The Kier molecular flexibility index (Phi) is 4.00. The van der Waals surface area contributed by atoms with E-state index in [0.717, 1.165) is 17.4 Å². The molecule has 0 aliphatic rings. The van der Waals surface area contributed by atoms with Crippen molar-refractivity contribution >= 4 is 17.3 Å². The normalized spacial score (nSPS) is 12.3. The third kappa shape index (κ3) is 3.20. The van der Waals surface area contributed by atoms with E-state index in [1.54, 1.807) is 18.2 Å². The molecule has 1 atom stereocenters. The predicted molar refractivity (Wildman–Crippen MR) is 72.4 cm³/mol. The van der Waals surface area contributed by atoms with Crippen LogP contribution in [-0.2, 0) is 0 Å². The molecule has 19 heavy (non-hydrogen) atoms. The van der Waals surface area contributed by atoms with Gasteiger partial charge in [0.25, 0.3) is 0 Å². The van der Waals surface area contributed by atoms with Crippen molar-refractivity contribution in [3.8, 4) is 0 Å². The number of aryl methyl sites for hydroxylation is 1. The van der Waals surface area contributed by atoms with Gasteiger partial charge in [-0.05, 0) is 43.7 Å². The summed E-state index contributed by atoms with van der Waals surface area (Å²) in [5, 5.41) is 3.61. The summed E-state index contributed by atoms with van der Waals surface area (Å²) in [5.74, 6) is -1.70. The van der Waals surface area contributed by atoms with Gasteiger partial charge in [0.15, 0.2) is 11.6 Å². The summed E-state index contributed by atoms with van der Waals surface area (Å²) in [7, 11) is 0. The van der Waals surface area contributed by atoms with Gasteiger partial charge in [-0.2, -0.15) is 0 Å². The molecule has 1 aromatic heterocycles. The first-order valence-electron chi connectivity index (χ1n) is 5.82. The Hall–Kier alpha value is -1.68. The van der Waals surface area contributed by atoms with Crippen molar-refractivity contribution in [2.24, 2.45) is 0 Å². The molecule has 1 aromatic carbocycles. The lowest BCUT2D eigenvalue weighted by atomic mass is 10.1. The second kappa shape index (κ2) is 5.53. The SMILES string of the molecule is Cc1nc(Cl)ccc1NC(C)c1ccc(F)c(F)c1. The molecule has 0 aliphatic carbocycles. The van der Waals surface area contributed by atoms with Crippen molar-refractivity contribution in [1.82, 2.24) is 4.98 Å². The fraction of sp³-hybridized carbons (Fsp3) is 0.214. The molecule has 2 rings (SSSR count). The zero-order valence-corrected chi connectivity index (χ0v) is 11.3. The van der Waals surface area contributed by atoms with Gasteiger partial charge in [-0.15, -0.1) is 0 Å². The molecule has 0 saturated heterocycles. The average Bonchev–Trinajstić information content (AvgIpc) is 2.36. The van der Waals surface area contributed by atoms with E-state index in [1.807, 2.05) is 13.8 Å². The van der Waals surface area contributed by atoms with Crippen LogP contribution in [0.15, 0.2) is 30.3 Å². The van der Waals surface area contributed by atoms with Crippen LogP contribution < -0.4 is 5.32 Å². The number of hydrogen-bond acceptors (Lipinski definition) is 2. The van der Waals surface area contributed by atoms with Crippen molar-refractivity contribution in [3.63, 3.8) is 0 Å². The quantitative estimate of drug-likeness (QED) is 0.839. The number of nitrogens with one attached hydrogen (secondary N) is 1. The predicted octanol–water partition coefficient (Wildman–Crippen LogP) is 4.49. The zero-order chi connectivity index (χ0) is 14.0. The van der Waals surface area contributed by atoms with Crippen LogP contribution in [0.5, 0.6) is 0 Å². The van der Waals surface area contributed by atoms with Crippen molar-refractivity contribution in [2.75, 3.05) is 5.32 Å². The van der Waals surface area contributed by atoms with Gasteiger partial charge in [0.05, 0.1) is 11.4 Å². The lowest BCUT2D eigenvalue weighted by molar-refractivity contribution is 0.506. The Bertz CT molecular complexity index is 602. The lowest BCUT2D eigenvalue weighted by Gasteiger charge is -2.17. The molecule has 0 spiro atoms. The molecular weight excluding hydrogens is 270 g/mol. The van der Waals surface area contributed by atoms with Gasteiger partial charge in [-0.25, -0.2) is 13.8 Å². The van der Waals surface area contributed by atoms with Gasteiger partial charge in [0.2, 0.25) is 0 Å².